The van der Waals surface area contributed by atoms with E-state index in [-0.39, 0.29) is 11.8 Å². The van der Waals surface area contributed by atoms with E-state index in [0.717, 1.165) is 17.3 Å². The Kier molecular flexibility index (Phi) is 5.76. The third-order valence-electron chi connectivity index (χ3n) is 4.98. The van der Waals surface area contributed by atoms with Gasteiger partial charge in [0.05, 0.1) is 12.8 Å². The van der Waals surface area contributed by atoms with E-state index in [0.29, 0.717) is 35.7 Å². The van der Waals surface area contributed by atoms with Gasteiger partial charge in [0.1, 0.15) is 5.75 Å². The Labute approximate surface area is 179 Å². The van der Waals surface area contributed by atoms with E-state index >= 15 is 0 Å². The Bertz CT molecular complexity index is 1100. The van der Waals surface area contributed by atoms with Crippen LogP contribution in [0.4, 0.5) is 11.4 Å². The highest BCUT2D eigenvalue weighted by molar-refractivity contribution is 7.98. The molecule has 1 fully saturated rings. The van der Waals surface area contributed by atoms with Gasteiger partial charge in [-0.1, -0.05) is 17.8 Å². The first kappa shape index (κ1) is 20.0. The summed E-state index contributed by atoms with van der Waals surface area (Å²) in [7, 11) is 1.57. The SMILES string of the molecule is COc1ccc(NC(=O)c2cccc(-n3ccnc3SC)c2)cc1N1CCCC1=O. The van der Waals surface area contributed by atoms with Crippen molar-refractivity contribution in [2.75, 3.05) is 30.1 Å². The number of methoxy groups -OCH3 is 1. The zero-order chi connectivity index (χ0) is 21.1. The van der Waals surface area contributed by atoms with Gasteiger partial charge in [-0.3, -0.25) is 14.2 Å². The number of hydrogen-bond donors (Lipinski definition) is 1. The van der Waals surface area contributed by atoms with Crippen molar-refractivity contribution in [3.05, 3.63) is 60.4 Å². The van der Waals surface area contributed by atoms with E-state index in [1.807, 2.05) is 35.2 Å². The van der Waals surface area contributed by atoms with E-state index < -0.39 is 0 Å². The summed E-state index contributed by atoms with van der Waals surface area (Å²) < 4.78 is 7.35. The van der Waals surface area contributed by atoms with Crippen molar-refractivity contribution >= 4 is 35.0 Å². The zero-order valence-corrected chi connectivity index (χ0v) is 17.6. The van der Waals surface area contributed by atoms with Crippen molar-refractivity contribution < 1.29 is 14.3 Å². The van der Waals surface area contributed by atoms with Crippen LogP contribution >= 0.6 is 11.8 Å². The quantitative estimate of drug-likeness (QED) is 0.608. The molecule has 0 atom stereocenters. The Morgan fingerprint density at radius 2 is 2.10 bits per heavy atom. The summed E-state index contributed by atoms with van der Waals surface area (Å²) in [4.78, 5) is 31.1. The minimum atomic E-state index is -0.230. The Morgan fingerprint density at radius 1 is 1.23 bits per heavy atom. The first-order chi connectivity index (χ1) is 14.6. The second-order valence-corrected chi connectivity index (χ2v) is 7.60. The van der Waals surface area contributed by atoms with Gasteiger partial charge in [-0.05, 0) is 49.1 Å². The Hall–Kier alpha value is -3.26. The lowest BCUT2D eigenvalue weighted by Crippen LogP contribution is -2.24. The average Bonchev–Trinajstić information content (AvgIpc) is 3.42. The lowest BCUT2D eigenvalue weighted by molar-refractivity contribution is -0.117. The fraction of sp³-hybridized carbons (Fsp3) is 0.227. The van der Waals surface area contributed by atoms with Crippen LogP contribution in [0.3, 0.4) is 0 Å². The van der Waals surface area contributed by atoms with E-state index in [2.05, 4.69) is 10.3 Å². The summed E-state index contributed by atoms with van der Waals surface area (Å²) in [6, 6.07) is 12.7. The number of amides is 2. The molecule has 0 spiro atoms. The van der Waals surface area contributed by atoms with Crippen LogP contribution in [-0.4, -0.2) is 41.3 Å². The molecule has 2 amide bonds. The molecule has 8 heteroatoms. The second-order valence-electron chi connectivity index (χ2n) is 6.82. The van der Waals surface area contributed by atoms with E-state index in [9.17, 15) is 9.59 Å². The number of nitrogens with one attached hydrogen (secondary N) is 1. The first-order valence-electron chi connectivity index (χ1n) is 9.58. The van der Waals surface area contributed by atoms with E-state index in [1.165, 1.54) is 11.8 Å². The van der Waals surface area contributed by atoms with Crippen molar-refractivity contribution in [1.82, 2.24) is 9.55 Å². The fourth-order valence-electron chi connectivity index (χ4n) is 3.52. The third kappa shape index (κ3) is 3.91. The van der Waals surface area contributed by atoms with Gasteiger partial charge >= 0.3 is 0 Å². The van der Waals surface area contributed by atoms with Gasteiger partial charge in [-0.25, -0.2) is 4.98 Å². The molecule has 0 unspecified atom stereocenters. The summed E-state index contributed by atoms with van der Waals surface area (Å²) in [5.74, 6) is 0.441. The molecule has 2 aromatic carbocycles. The predicted molar refractivity (Wildman–Crippen MR) is 118 cm³/mol. The summed E-state index contributed by atoms with van der Waals surface area (Å²) in [6.07, 6.45) is 6.90. The van der Waals surface area contributed by atoms with E-state index in [4.69, 9.17) is 4.74 Å². The van der Waals surface area contributed by atoms with Crippen molar-refractivity contribution in [3.8, 4) is 11.4 Å². The molecule has 0 saturated carbocycles. The molecule has 1 N–H and O–H groups in total. The van der Waals surface area contributed by atoms with Gasteiger partial charge in [-0.15, -0.1) is 0 Å². The molecule has 1 saturated heterocycles. The lowest BCUT2D eigenvalue weighted by Gasteiger charge is -2.20. The molecule has 1 aliphatic rings. The number of carbonyl (C=O) groups is 2. The summed E-state index contributed by atoms with van der Waals surface area (Å²) in [6.45, 7) is 0.650. The molecule has 0 radical (unpaired) electrons. The zero-order valence-electron chi connectivity index (χ0n) is 16.8. The molecular weight excluding hydrogens is 400 g/mol. The highest BCUT2D eigenvalue weighted by Gasteiger charge is 2.25. The van der Waals surface area contributed by atoms with Crippen molar-refractivity contribution in [2.24, 2.45) is 0 Å². The van der Waals surface area contributed by atoms with E-state index in [1.54, 1.807) is 42.5 Å². The van der Waals surface area contributed by atoms with Crippen LogP contribution in [0.2, 0.25) is 0 Å². The van der Waals surface area contributed by atoms with Crippen LogP contribution < -0.4 is 15.0 Å². The average molecular weight is 423 g/mol. The molecule has 2 heterocycles. The Balaban J connectivity index is 1.59. The number of thioether (sulfide) groups is 1. The van der Waals surface area contributed by atoms with Crippen LogP contribution in [0.15, 0.2) is 60.0 Å². The number of hydrogen-bond acceptors (Lipinski definition) is 5. The predicted octanol–water partition coefficient (Wildman–Crippen LogP) is 3.98. The van der Waals surface area contributed by atoms with Crippen LogP contribution in [-0.2, 0) is 4.79 Å². The van der Waals surface area contributed by atoms with Crippen LogP contribution in [0.1, 0.15) is 23.2 Å². The van der Waals surface area contributed by atoms with Crippen LogP contribution in [0.5, 0.6) is 5.75 Å². The molecule has 0 bridgehead atoms. The topological polar surface area (TPSA) is 76.5 Å². The standard InChI is InChI=1S/C22H22N4O3S/c1-29-19-9-8-16(14-18(19)26-11-4-7-20(26)27)24-21(28)15-5-3-6-17(13-15)25-12-10-23-22(25)30-2/h3,5-6,8-10,12-14H,4,7,11H2,1-2H3,(H,24,28). The number of anilines is 2. The number of ether oxygens (including phenoxy) is 1. The van der Waals surface area contributed by atoms with Gasteiger partial charge in [0.15, 0.2) is 5.16 Å². The number of imidazole rings is 1. The smallest absolute Gasteiger partial charge is 0.255 e. The molecule has 4 rings (SSSR count). The lowest BCUT2D eigenvalue weighted by atomic mass is 10.1. The van der Waals surface area contributed by atoms with Gasteiger partial charge in [0.25, 0.3) is 5.91 Å². The molecular formula is C22H22N4O3S. The van der Waals surface area contributed by atoms with Gasteiger partial charge in [0, 0.05) is 42.3 Å². The number of benzene rings is 2. The Morgan fingerprint density at radius 3 is 2.83 bits per heavy atom. The normalized spacial score (nSPS) is 13.5. The molecule has 30 heavy (non-hydrogen) atoms. The van der Waals surface area contributed by atoms with Gasteiger partial charge in [0.2, 0.25) is 5.91 Å². The minimum absolute atomic E-state index is 0.0643. The van der Waals surface area contributed by atoms with Crippen LogP contribution in [0.25, 0.3) is 5.69 Å². The summed E-state index contributed by atoms with van der Waals surface area (Å²) in [5, 5.41) is 3.78. The maximum absolute atomic E-state index is 12.9. The van der Waals surface area contributed by atoms with Crippen molar-refractivity contribution in [2.45, 2.75) is 18.0 Å². The highest BCUT2D eigenvalue weighted by atomic mass is 32.2. The highest BCUT2D eigenvalue weighted by Crippen LogP contribution is 2.34. The number of nitrogens with zero attached hydrogens (tertiary/aromatic N) is 3. The van der Waals surface area contributed by atoms with Crippen LogP contribution in [0, 0.1) is 0 Å². The molecule has 1 aromatic heterocycles. The largest absolute Gasteiger partial charge is 0.495 e. The number of aromatic nitrogens is 2. The maximum atomic E-state index is 12.9. The number of rotatable bonds is 6. The summed E-state index contributed by atoms with van der Waals surface area (Å²) >= 11 is 1.54. The van der Waals surface area contributed by atoms with Gasteiger partial charge in [-0.2, -0.15) is 0 Å². The summed E-state index contributed by atoms with van der Waals surface area (Å²) in [5.41, 5.74) is 2.67. The monoisotopic (exact) mass is 422 g/mol. The van der Waals surface area contributed by atoms with Crippen molar-refractivity contribution in [3.63, 3.8) is 0 Å². The number of carbonyl (C=O) groups excluding carboxylic acids is 2. The minimum Gasteiger partial charge on any atom is -0.495 e. The second kappa shape index (κ2) is 8.62. The molecule has 3 aromatic rings. The molecule has 1 aliphatic heterocycles. The molecule has 154 valence electrons. The fourth-order valence-corrected chi connectivity index (χ4v) is 4.05. The third-order valence-corrected chi connectivity index (χ3v) is 5.64. The first-order valence-corrected chi connectivity index (χ1v) is 10.8. The molecule has 7 nitrogen and oxygen atoms in total. The maximum Gasteiger partial charge on any atom is 0.255 e. The molecule has 0 aliphatic carbocycles. The van der Waals surface area contributed by atoms with Crippen molar-refractivity contribution in [1.29, 1.82) is 0 Å². The van der Waals surface area contributed by atoms with Gasteiger partial charge < -0.3 is 15.0 Å².